The van der Waals surface area contributed by atoms with E-state index in [0.717, 1.165) is 74.3 Å². The minimum absolute atomic E-state index is 0.672. The Balaban J connectivity index is 1.29. The molecule has 0 amide bonds. The van der Waals surface area contributed by atoms with Crippen molar-refractivity contribution in [2.75, 3.05) is 32.7 Å². The first-order valence-electron chi connectivity index (χ1n) is 12.2. The van der Waals surface area contributed by atoms with Gasteiger partial charge in [-0.05, 0) is 35.2 Å². The largest absolute Gasteiger partial charge is 0.299 e. The molecule has 6 rings (SSSR count). The molecule has 1 unspecified atom stereocenters. The van der Waals surface area contributed by atoms with Gasteiger partial charge in [0.25, 0.3) is 0 Å². The Kier molecular flexibility index (Phi) is 5.85. The lowest BCUT2D eigenvalue weighted by atomic mass is 9.91. The maximum atomic E-state index is 13.1. The van der Waals surface area contributed by atoms with E-state index in [0.29, 0.717) is 6.54 Å². The van der Waals surface area contributed by atoms with Crippen LogP contribution in [0.1, 0.15) is 22.4 Å². The van der Waals surface area contributed by atoms with E-state index < -0.39 is 5.66 Å². The highest BCUT2D eigenvalue weighted by Crippen LogP contribution is 2.37. The molecule has 4 aromatic rings. The number of aromatic amines is 1. The highest BCUT2D eigenvalue weighted by atomic mass is 16.1. The zero-order chi connectivity index (χ0) is 23.7. The fourth-order valence-corrected chi connectivity index (χ4v) is 5.68. The molecule has 3 aromatic heterocycles. The summed E-state index contributed by atoms with van der Waals surface area (Å²) in [5, 5.41) is 8.23. The lowest BCUT2D eigenvalue weighted by Gasteiger charge is -2.51. The van der Waals surface area contributed by atoms with Crippen molar-refractivity contribution in [2.24, 2.45) is 0 Å². The second kappa shape index (κ2) is 9.30. The van der Waals surface area contributed by atoms with Crippen LogP contribution >= 0.6 is 0 Å². The van der Waals surface area contributed by atoms with E-state index in [1.165, 1.54) is 11.1 Å². The monoisotopic (exact) mass is 467 g/mol. The van der Waals surface area contributed by atoms with E-state index in [1.54, 1.807) is 0 Å². The number of hydrogen-bond donors (Lipinski definition) is 1. The fraction of sp³-hybridized carbons (Fsp3) is 0.333. The van der Waals surface area contributed by atoms with Gasteiger partial charge in [0.2, 0.25) is 0 Å². The molecule has 5 heterocycles. The minimum atomic E-state index is -0.818. The molecule has 1 fully saturated rings. The van der Waals surface area contributed by atoms with Gasteiger partial charge >= 0.3 is 0 Å². The van der Waals surface area contributed by atoms with Crippen LogP contribution in [0.4, 0.5) is 0 Å². The van der Waals surface area contributed by atoms with E-state index >= 15 is 0 Å². The van der Waals surface area contributed by atoms with Gasteiger partial charge in [-0.25, -0.2) is 4.98 Å². The van der Waals surface area contributed by atoms with Gasteiger partial charge in [0, 0.05) is 63.6 Å². The number of H-pyrrole nitrogens is 1. The maximum Gasteiger partial charge on any atom is 0.159 e. The molecule has 0 saturated carbocycles. The summed E-state index contributed by atoms with van der Waals surface area (Å²) in [5.74, 6) is 0. The summed E-state index contributed by atoms with van der Waals surface area (Å²) in [6, 6.07) is 16.3. The van der Waals surface area contributed by atoms with E-state index in [-0.39, 0.29) is 0 Å². The molecular weight excluding hydrogens is 438 g/mol. The Labute approximate surface area is 204 Å². The van der Waals surface area contributed by atoms with Crippen LogP contribution in [0.5, 0.6) is 0 Å². The van der Waals surface area contributed by atoms with Gasteiger partial charge in [0.1, 0.15) is 0 Å². The number of benzene rings is 1. The molecule has 1 atom stereocenters. The molecule has 178 valence electrons. The summed E-state index contributed by atoms with van der Waals surface area (Å²) in [5.41, 5.74) is 4.56. The van der Waals surface area contributed by atoms with Crippen LogP contribution in [0.15, 0.2) is 67.1 Å². The van der Waals surface area contributed by atoms with Crippen molar-refractivity contribution in [1.29, 1.82) is 0 Å². The zero-order valence-electron chi connectivity index (χ0n) is 19.7. The zero-order valence-corrected chi connectivity index (χ0v) is 19.7. The number of hydrogen-bond acceptors (Lipinski definition) is 7. The molecule has 0 aliphatic carbocycles. The minimum Gasteiger partial charge on any atom is -0.299 e. The average Bonchev–Trinajstić information content (AvgIpc) is 3.41. The molecule has 2 aliphatic rings. The third-order valence-corrected chi connectivity index (χ3v) is 7.49. The molecule has 0 radical (unpaired) electrons. The number of rotatable bonds is 6. The molecule has 0 spiro atoms. The average molecular weight is 468 g/mol. The number of pyridine rings is 2. The van der Waals surface area contributed by atoms with Crippen molar-refractivity contribution in [3.05, 3.63) is 89.5 Å². The van der Waals surface area contributed by atoms with E-state index in [2.05, 4.69) is 53.1 Å². The van der Waals surface area contributed by atoms with Gasteiger partial charge < -0.3 is 0 Å². The summed E-state index contributed by atoms with van der Waals surface area (Å²) in [6.45, 7) is 5.69. The van der Waals surface area contributed by atoms with Crippen LogP contribution in [0.3, 0.4) is 0 Å². The second-order valence-corrected chi connectivity index (χ2v) is 9.36. The van der Waals surface area contributed by atoms with Crippen LogP contribution in [-0.2, 0) is 30.0 Å². The summed E-state index contributed by atoms with van der Waals surface area (Å²) < 4.78 is 0. The fourth-order valence-electron chi connectivity index (χ4n) is 5.68. The summed E-state index contributed by atoms with van der Waals surface area (Å²) in [7, 11) is 0. The third-order valence-electron chi connectivity index (χ3n) is 7.49. The first-order chi connectivity index (χ1) is 17.3. The molecule has 0 bridgehead atoms. The molecule has 2 aliphatic heterocycles. The topological polar surface area (TPSA) is 81.3 Å². The molecule has 1 saturated heterocycles. The standard InChI is InChI=1S/C27H29N7O/c35-20-27(22-6-2-1-3-7-22,33-14-12-32(13-15-33)19-23-8-4-5-10-28-23)34-11-9-24-21(18-34)16-29-26-25(24)17-30-31-26/h1-8,10,16-17,20H,9,11-15,18-19H2,(H,29,30,31). The highest BCUT2D eigenvalue weighted by Gasteiger charge is 2.46. The number of aromatic nitrogens is 4. The quantitative estimate of drug-likeness (QED) is 0.437. The van der Waals surface area contributed by atoms with Crippen molar-refractivity contribution in [1.82, 2.24) is 34.9 Å². The molecule has 8 nitrogen and oxygen atoms in total. The molecule has 8 heteroatoms. The second-order valence-electron chi connectivity index (χ2n) is 9.36. The van der Waals surface area contributed by atoms with Gasteiger partial charge in [0.05, 0.1) is 11.9 Å². The van der Waals surface area contributed by atoms with Crippen molar-refractivity contribution in [3.8, 4) is 0 Å². The smallest absolute Gasteiger partial charge is 0.159 e. The van der Waals surface area contributed by atoms with E-state index in [1.807, 2.05) is 48.9 Å². The lowest BCUT2D eigenvalue weighted by molar-refractivity contribution is -0.141. The highest BCUT2D eigenvalue weighted by molar-refractivity contribution is 5.79. The first kappa shape index (κ1) is 22.0. The number of carbonyl (C=O) groups is 1. The summed E-state index contributed by atoms with van der Waals surface area (Å²) >= 11 is 0. The maximum absolute atomic E-state index is 13.1. The SMILES string of the molecule is O=CC(c1ccccc1)(N1CCN(Cc2ccccn2)CC1)N1CCc2c(cnc3[nH]ncc23)C1. The van der Waals surface area contributed by atoms with Gasteiger partial charge in [-0.2, -0.15) is 5.10 Å². The number of fused-ring (bicyclic) bond motifs is 3. The van der Waals surface area contributed by atoms with Gasteiger partial charge in [-0.3, -0.25) is 29.6 Å². The summed E-state index contributed by atoms with van der Waals surface area (Å²) in [6.07, 6.45) is 7.66. The van der Waals surface area contributed by atoms with Crippen LogP contribution in [-0.4, -0.2) is 73.9 Å². The van der Waals surface area contributed by atoms with E-state index in [4.69, 9.17) is 0 Å². The number of carbonyl (C=O) groups excluding carboxylic acids is 1. The van der Waals surface area contributed by atoms with Crippen molar-refractivity contribution < 1.29 is 4.79 Å². The van der Waals surface area contributed by atoms with Gasteiger partial charge in [-0.1, -0.05) is 36.4 Å². The third kappa shape index (κ3) is 3.93. The Bertz CT molecular complexity index is 1300. The normalized spacial score (nSPS) is 19.3. The van der Waals surface area contributed by atoms with Crippen LogP contribution in [0, 0.1) is 0 Å². The number of nitrogens with zero attached hydrogens (tertiary/aromatic N) is 6. The van der Waals surface area contributed by atoms with Crippen molar-refractivity contribution in [2.45, 2.75) is 25.2 Å². The summed E-state index contributed by atoms with van der Waals surface area (Å²) in [4.78, 5) is 29.3. The Hall–Kier alpha value is -3.46. The van der Waals surface area contributed by atoms with Crippen LogP contribution < -0.4 is 0 Å². The lowest BCUT2D eigenvalue weighted by Crippen LogP contribution is -2.64. The van der Waals surface area contributed by atoms with Gasteiger partial charge in [-0.15, -0.1) is 0 Å². The number of piperazine rings is 1. The molecule has 1 aromatic carbocycles. The van der Waals surface area contributed by atoms with Crippen LogP contribution in [0.2, 0.25) is 0 Å². The number of aldehydes is 1. The van der Waals surface area contributed by atoms with Crippen molar-refractivity contribution >= 4 is 17.3 Å². The Morgan fingerprint density at radius 1 is 0.914 bits per heavy atom. The molecular formula is C27H29N7O. The van der Waals surface area contributed by atoms with Gasteiger partial charge in [0.15, 0.2) is 17.6 Å². The predicted octanol–water partition coefficient (Wildman–Crippen LogP) is 2.58. The number of nitrogens with one attached hydrogen (secondary N) is 1. The molecule has 35 heavy (non-hydrogen) atoms. The van der Waals surface area contributed by atoms with Crippen molar-refractivity contribution in [3.63, 3.8) is 0 Å². The molecule has 1 N–H and O–H groups in total. The van der Waals surface area contributed by atoms with E-state index in [9.17, 15) is 4.79 Å². The Morgan fingerprint density at radius 3 is 2.51 bits per heavy atom. The Morgan fingerprint density at radius 2 is 1.74 bits per heavy atom. The van der Waals surface area contributed by atoms with Crippen LogP contribution in [0.25, 0.3) is 11.0 Å². The predicted molar refractivity (Wildman–Crippen MR) is 133 cm³/mol. The first-order valence-corrected chi connectivity index (χ1v) is 12.2.